The fourth-order valence-corrected chi connectivity index (χ4v) is 1.26. The second-order valence-electron chi connectivity index (χ2n) is 3.56. The van der Waals surface area contributed by atoms with Gasteiger partial charge in [0.05, 0.1) is 6.21 Å². The molecule has 7 heteroatoms. The van der Waals surface area contributed by atoms with Gasteiger partial charge >= 0.3 is 0 Å². The molecule has 0 radical (unpaired) electrons. The zero-order valence-corrected chi connectivity index (χ0v) is 10.9. The van der Waals surface area contributed by atoms with Gasteiger partial charge in [-0.2, -0.15) is 5.10 Å². The lowest BCUT2D eigenvalue weighted by molar-refractivity contribution is 0.0954. The predicted octanol–water partition coefficient (Wildman–Crippen LogP) is 1.05. The summed E-state index contributed by atoms with van der Waals surface area (Å²) in [5.41, 5.74) is 8.98. The molecule has 104 valence electrons. The van der Waals surface area contributed by atoms with Crippen LogP contribution in [-0.2, 0) is 0 Å². The smallest absolute Gasteiger partial charge is 0.271 e. The van der Waals surface area contributed by atoms with Crippen LogP contribution in [0.1, 0.15) is 17.3 Å². The average molecular weight is 273 g/mol. The molecule has 7 nitrogen and oxygen atoms in total. The molecule has 20 heavy (non-hydrogen) atoms. The van der Waals surface area contributed by atoms with E-state index in [1.165, 1.54) is 18.5 Å². The number of pyridine rings is 1. The Bertz CT molecular complexity index is 561. The van der Waals surface area contributed by atoms with Crippen LogP contribution in [0, 0.1) is 0 Å². The van der Waals surface area contributed by atoms with Crippen molar-refractivity contribution < 1.29 is 10.0 Å². The maximum atomic E-state index is 11.7. The standard InChI is InChI=1S/C13H15N5O2/c1-2-3-10(6-9-16-20)12(14)17-18-13(19)11-4-7-15-8-5-11/h2-9,20H,1H3,(H2,14,17)(H,18,19)/b3-2-,10-6+,16-9+. The van der Waals surface area contributed by atoms with Crippen molar-refractivity contribution in [2.24, 2.45) is 16.0 Å². The van der Waals surface area contributed by atoms with Gasteiger partial charge in [-0.3, -0.25) is 9.78 Å². The van der Waals surface area contributed by atoms with Crippen molar-refractivity contribution in [1.29, 1.82) is 0 Å². The van der Waals surface area contributed by atoms with E-state index in [2.05, 4.69) is 20.7 Å². The number of carbonyl (C=O) groups excluding carboxylic acids is 1. The molecule has 0 fully saturated rings. The van der Waals surface area contributed by atoms with Crippen molar-refractivity contribution in [2.45, 2.75) is 6.92 Å². The van der Waals surface area contributed by atoms with E-state index in [0.29, 0.717) is 11.1 Å². The average Bonchev–Trinajstić information content (AvgIpc) is 2.49. The Kier molecular flexibility index (Phi) is 6.19. The largest absolute Gasteiger partial charge is 0.411 e. The van der Waals surface area contributed by atoms with Gasteiger partial charge in [-0.1, -0.05) is 17.3 Å². The molecule has 0 aromatic carbocycles. The van der Waals surface area contributed by atoms with E-state index in [-0.39, 0.29) is 5.84 Å². The summed E-state index contributed by atoms with van der Waals surface area (Å²) in [6.07, 6.45) is 9.03. The number of hydrazone groups is 1. The fourth-order valence-electron chi connectivity index (χ4n) is 1.26. The summed E-state index contributed by atoms with van der Waals surface area (Å²) in [6.45, 7) is 1.80. The monoisotopic (exact) mass is 273 g/mol. The molecule has 0 aliphatic rings. The van der Waals surface area contributed by atoms with E-state index in [1.807, 2.05) is 0 Å². The topological polar surface area (TPSA) is 113 Å². The maximum absolute atomic E-state index is 11.7. The van der Waals surface area contributed by atoms with Crippen LogP contribution in [0.5, 0.6) is 0 Å². The van der Waals surface area contributed by atoms with E-state index in [4.69, 9.17) is 10.9 Å². The van der Waals surface area contributed by atoms with Crippen molar-refractivity contribution in [3.05, 3.63) is 53.9 Å². The van der Waals surface area contributed by atoms with Gasteiger partial charge in [-0.15, -0.1) is 0 Å². The van der Waals surface area contributed by atoms with Crippen LogP contribution in [-0.4, -0.2) is 28.1 Å². The number of amides is 1. The molecule has 0 unspecified atom stereocenters. The van der Waals surface area contributed by atoms with Crippen molar-refractivity contribution in [3.8, 4) is 0 Å². The first-order chi connectivity index (χ1) is 9.69. The molecule has 1 aromatic rings. The Hall–Kier alpha value is -2.96. The molecular formula is C13H15N5O2. The maximum Gasteiger partial charge on any atom is 0.271 e. The third-order valence-corrected chi connectivity index (χ3v) is 2.18. The van der Waals surface area contributed by atoms with E-state index in [0.717, 1.165) is 6.21 Å². The van der Waals surface area contributed by atoms with Gasteiger partial charge in [0.2, 0.25) is 0 Å². The Labute approximate surface area is 116 Å². The molecule has 4 N–H and O–H groups in total. The molecule has 1 heterocycles. The molecule has 0 bridgehead atoms. The highest BCUT2D eigenvalue weighted by atomic mass is 16.4. The van der Waals surface area contributed by atoms with Crippen molar-refractivity contribution in [2.75, 3.05) is 0 Å². The number of nitrogens with zero attached hydrogens (tertiary/aromatic N) is 3. The lowest BCUT2D eigenvalue weighted by Crippen LogP contribution is -2.24. The minimum atomic E-state index is -0.397. The summed E-state index contributed by atoms with van der Waals surface area (Å²) < 4.78 is 0. The van der Waals surface area contributed by atoms with Gasteiger partial charge in [0.25, 0.3) is 5.91 Å². The van der Waals surface area contributed by atoms with Crippen molar-refractivity contribution in [3.63, 3.8) is 0 Å². The number of hydrogen-bond acceptors (Lipinski definition) is 5. The van der Waals surface area contributed by atoms with E-state index < -0.39 is 5.91 Å². The van der Waals surface area contributed by atoms with Gasteiger partial charge < -0.3 is 10.9 Å². The Morgan fingerprint density at radius 3 is 2.75 bits per heavy atom. The number of aromatic nitrogens is 1. The van der Waals surface area contributed by atoms with Crippen molar-refractivity contribution in [1.82, 2.24) is 10.4 Å². The molecule has 0 atom stereocenters. The van der Waals surface area contributed by atoms with Crippen LogP contribution in [0.4, 0.5) is 0 Å². The highest BCUT2D eigenvalue weighted by Crippen LogP contribution is 1.98. The van der Waals surface area contributed by atoms with E-state index >= 15 is 0 Å². The highest BCUT2D eigenvalue weighted by molar-refractivity contribution is 6.03. The number of nitrogens with one attached hydrogen (secondary N) is 1. The molecule has 1 aromatic heterocycles. The summed E-state index contributed by atoms with van der Waals surface area (Å²) >= 11 is 0. The second-order valence-corrected chi connectivity index (χ2v) is 3.56. The predicted molar refractivity (Wildman–Crippen MR) is 76.5 cm³/mol. The lowest BCUT2D eigenvalue weighted by atomic mass is 10.2. The molecule has 1 amide bonds. The molecule has 0 saturated carbocycles. The van der Waals surface area contributed by atoms with Crippen LogP contribution in [0.2, 0.25) is 0 Å². The van der Waals surface area contributed by atoms with Crippen LogP contribution in [0.3, 0.4) is 0 Å². The van der Waals surface area contributed by atoms with Gasteiger partial charge in [-0.25, -0.2) is 5.43 Å². The normalized spacial score (nSPS) is 13.1. The Balaban J connectivity index is 2.80. The van der Waals surface area contributed by atoms with Crippen LogP contribution >= 0.6 is 0 Å². The molecule has 0 saturated heterocycles. The summed E-state index contributed by atoms with van der Waals surface area (Å²) in [4.78, 5) is 15.6. The number of amidine groups is 1. The zero-order valence-electron chi connectivity index (χ0n) is 10.9. The molecular weight excluding hydrogens is 258 g/mol. The quantitative estimate of drug-likeness (QED) is 0.244. The SMILES string of the molecule is C\C=C/C(=C\C=N\O)C(N)=NNC(=O)c1ccncc1. The first kappa shape index (κ1) is 15.1. The van der Waals surface area contributed by atoms with Gasteiger partial charge in [0, 0.05) is 23.5 Å². The summed E-state index contributed by atoms with van der Waals surface area (Å²) in [7, 11) is 0. The highest BCUT2D eigenvalue weighted by Gasteiger charge is 2.04. The summed E-state index contributed by atoms with van der Waals surface area (Å²) in [5.74, 6) is -0.309. The van der Waals surface area contributed by atoms with Gasteiger partial charge in [0.1, 0.15) is 0 Å². The van der Waals surface area contributed by atoms with Gasteiger partial charge in [-0.05, 0) is 25.1 Å². The van der Waals surface area contributed by atoms with Crippen LogP contribution in [0.15, 0.2) is 58.6 Å². The number of hydrogen-bond donors (Lipinski definition) is 3. The van der Waals surface area contributed by atoms with E-state index in [1.54, 1.807) is 31.2 Å². The van der Waals surface area contributed by atoms with Crippen LogP contribution in [0.25, 0.3) is 0 Å². The summed E-state index contributed by atoms with van der Waals surface area (Å²) in [6, 6.07) is 3.12. The number of allylic oxidation sites excluding steroid dienone is 2. The first-order valence-corrected chi connectivity index (χ1v) is 5.73. The Morgan fingerprint density at radius 1 is 1.45 bits per heavy atom. The van der Waals surface area contributed by atoms with Crippen LogP contribution < -0.4 is 11.2 Å². The minimum Gasteiger partial charge on any atom is -0.411 e. The number of nitrogens with two attached hydrogens (primary N) is 1. The zero-order chi connectivity index (χ0) is 14.8. The first-order valence-electron chi connectivity index (χ1n) is 5.73. The molecule has 0 aliphatic heterocycles. The van der Waals surface area contributed by atoms with E-state index in [9.17, 15) is 4.79 Å². The second kappa shape index (κ2) is 8.20. The third-order valence-electron chi connectivity index (χ3n) is 2.18. The van der Waals surface area contributed by atoms with Crippen molar-refractivity contribution >= 4 is 18.0 Å². The fraction of sp³-hybridized carbons (Fsp3) is 0.0769. The molecule has 0 aliphatic carbocycles. The number of oxime groups is 1. The third kappa shape index (κ3) is 4.73. The Morgan fingerprint density at radius 2 is 2.15 bits per heavy atom. The lowest BCUT2D eigenvalue weighted by Gasteiger charge is -2.02. The number of rotatable bonds is 5. The molecule has 0 spiro atoms. The molecule has 1 rings (SSSR count). The minimum absolute atomic E-state index is 0.0883. The summed E-state index contributed by atoms with van der Waals surface area (Å²) in [5, 5.41) is 15.0. The van der Waals surface area contributed by atoms with Gasteiger partial charge in [0.15, 0.2) is 5.84 Å². The number of carbonyl (C=O) groups is 1.